The molecule has 0 unspecified atom stereocenters. The maximum absolute atomic E-state index is 13.0. The van der Waals surface area contributed by atoms with Gasteiger partial charge in [-0.25, -0.2) is 9.78 Å². The van der Waals surface area contributed by atoms with E-state index in [0.717, 1.165) is 74.6 Å². The molecule has 3 aliphatic rings. The molecule has 0 atom stereocenters. The predicted molar refractivity (Wildman–Crippen MR) is 127 cm³/mol. The average Bonchev–Trinajstić information content (AvgIpc) is 2.83. The van der Waals surface area contributed by atoms with Crippen molar-refractivity contribution in [2.75, 3.05) is 11.9 Å². The zero-order valence-corrected chi connectivity index (χ0v) is 20.3. The van der Waals surface area contributed by atoms with Crippen molar-refractivity contribution in [2.24, 2.45) is 0 Å². The third kappa shape index (κ3) is 5.74. The largest absolute Gasteiger partial charge is 0.416 e. The SMILES string of the molecule is CC1(C)COC2(CCC(NC3CCC(Nc4ccnc5cc(C(F)(F)F)ccc45)CC3)CC2)OO1. The van der Waals surface area contributed by atoms with E-state index < -0.39 is 23.1 Å². The second-order valence-corrected chi connectivity index (χ2v) is 10.8. The number of hydrogen-bond acceptors (Lipinski definition) is 6. The molecule has 9 heteroatoms. The number of ether oxygens (including phenoxy) is 1. The standard InChI is InChI=1S/C26H34F3N3O3/c1-24(2)16-33-25(35-34-24)12-9-20(10-13-25)31-18-4-6-19(7-5-18)32-22-11-14-30-23-15-17(26(27,28)29)3-8-21(22)23/h3,8,11,14-15,18-20,31H,4-7,9-10,12-13,16H2,1-2H3,(H,30,32). The van der Waals surface area contributed by atoms with Crippen LogP contribution in [-0.4, -0.2) is 41.1 Å². The van der Waals surface area contributed by atoms with Crippen molar-refractivity contribution in [1.82, 2.24) is 10.3 Å². The molecule has 2 aromatic rings. The first-order valence-corrected chi connectivity index (χ1v) is 12.6. The van der Waals surface area contributed by atoms with Crippen LogP contribution in [0.15, 0.2) is 30.5 Å². The molecule has 2 N–H and O–H groups in total. The van der Waals surface area contributed by atoms with E-state index in [2.05, 4.69) is 15.6 Å². The lowest BCUT2D eigenvalue weighted by atomic mass is 9.86. The first-order valence-electron chi connectivity index (χ1n) is 12.6. The normalized spacial score (nSPS) is 31.5. The van der Waals surface area contributed by atoms with E-state index in [0.29, 0.717) is 30.2 Å². The molecule has 0 bridgehead atoms. The molecule has 1 saturated heterocycles. The smallest absolute Gasteiger partial charge is 0.382 e. The Hall–Kier alpha value is -1.94. The second kappa shape index (κ2) is 9.50. The van der Waals surface area contributed by atoms with Crippen molar-refractivity contribution in [3.63, 3.8) is 0 Å². The van der Waals surface area contributed by atoms with Gasteiger partial charge in [0.25, 0.3) is 0 Å². The van der Waals surface area contributed by atoms with Crippen molar-refractivity contribution in [3.8, 4) is 0 Å². The Labute approximate surface area is 203 Å². The highest BCUT2D eigenvalue weighted by molar-refractivity contribution is 5.91. The summed E-state index contributed by atoms with van der Waals surface area (Å²) < 4.78 is 45.2. The highest BCUT2D eigenvalue weighted by Gasteiger charge is 2.45. The van der Waals surface area contributed by atoms with Gasteiger partial charge in [-0.1, -0.05) is 6.07 Å². The number of halogens is 3. The Morgan fingerprint density at radius 2 is 1.60 bits per heavy atom. The molecular weight excluding hydrogens is 459 g/mol. The van der Waals surface area contributed by atoms with Crippen molar-refractivity contribution >= 4 is 16.6 Å². The Kier molecular flexibility index (Phi) is 6.72. The zero-order chi connectivity index (χ0) is 24.7. The van der Waals surface area contributed by atoms with Crippen LogP contribution in [0.4, 0.5) is 18.9 Å². The van der Waals surface area contributed by atoms with Gasteiger partial charge < -0.3 is 15.4 Å². The van der Waals surface area contributed by atoms with E-state index in [1.54, 1.807) is 6.20 Å². The summed E-state index contributed by atoms with van der Waals surface area (Å²) in [6.07, 6.45) is 4.96. The fourth-order valence-corrected chi connectivity index (χ4v) is 5.40. The molecule has 35 heavy (non-hydrogen) atoms. The molecule has 6 nitrogen and oxygen atoms in total. The van der Waals surface area contributed by atoms with Gasteiger partial charge in [-0.2, -0.15) is 13.2 Å². The van der Waals surface area contributed by atoms with Gasteiger partial charge >= 0.3 is 6.18 Å². The molecule has 2 heterocycles. The molecule has 1 spiro atoms. The maximum Gasteiger partial charge on any atom is 0.416 e. The van der Waals surface area contributed by atoms with Gasteiger partial charge in [0.15, 0.2) is 0 Å². The topological polar surface area (TPSA) is 64.6 Å². The van der Waals surface area contributed by atoms with Crippen LogP contribution in [0.2, 0.25) is 0 Å². The van der Waals surface area contributed by atoms with Crippen LogP contribution in [-0.2, 0) is 20.7 Å². The molecule has 2 saturated carbocycles. The Morgan fingerprint density at radius 1 is 0.914 bits per heavy atom. The lowest BCUT2D eigenvalue weighted by molar-refractivity contribution is -0.511. The van der Waals surface area contributed by atoms with E-state index in [1.165, 1.54) is 6.07 Å². The predicted octanol–water partition coefficient (Wildman–Crippen LogP) is 5.96. The number of anilines is 1. The average molecular weight is 494 g/mol. The minimum absolute atomic E-state index is 0.292. The van der Waals surface area contributed by atoms with Gasteiger partial charge in [-0.3, -0.25) is 4.98 Å². The van der Waals surface area contributed by atoms with Crippen molar-refractivity contribution in [3.05, 3.63) is 36.0 Å². The third-order valence-electron chi connectivity index (χ3n) is 7.48. The molecule has 0 amide bonds. The Balaban J connectivity index is 1.10. The summed E-state index contributed by atoms with van der Waals surface area (Å²) in [5.41, 5.74) is 0.125. The van der Waals surface area contributed by atoms with Crippen molar-refractivity contribution < 1.29 is 27.7 Å². The van der Waals surface area contributed by atoms with E-state index in [4.69, 9.17) is 14.5 Å². The minimum atomic E-state index is -4.37. The number of fused-ring (bicyclic) bond motifs is 1. The highest BCUT2D eigenvalue weighted by Crippen LogP contribution is 2.39. The molecule has 1 aromatic carbocycles. The number of benzene rings is 1. The van der Waals surface area contributed by atoms with Gasteiger partial charge in [-0.15, -0.1) is 0 Å². The number of nitrogens with one attached hydrogen (secondary N) is 2. The van der Waals surface area contributed by atoms with Crippen molar-refractivity contribution in [2.45, 2.75) is 101 Å². The molecule has 1 aliphatic heterocycles. The molecule has 5 rings (SSSR count). The number of aromatic nitrogens is 1. The van der Waals surface area contributed by atoms with Gasteiger partial charge in [0.2, 0.25) is 5.79 Å². The van der Waals surface area contributed by atoms with Crippen LogP contribution in [0, 0.1) is 0 Å². The zero-order valence-electron chi connectivity index (χ0n) is 20.3. The molecule has 192 valence electrons. The monoisotopic (exact) mass is 493 g/mol. The molecule has 1 aromatic heterocycles. The summed E-state index contributed by atoms with van der Waals surface area (Å²) in [7, 11) is 0. The highest BCUT2D eigenvalue weighted by atomic mass is 19.4. The number of pyridine rings is 1. The lowest BCUT2D eigenvalue weighted by Crippen LogP contribution is -2.53. The number of rotatable bonds is 4. The summed E-state index contributed by atoms with van der Waals surface area (Å²) in [6, 6.07) is 6.82. The van der Waals surface area contributed by atoms with Crippen LogP contribution < -0.4 is 10.6 Å². The fraction of sp³-hybridized carbons (Fsp3) is 0.654. The van der Waals surface area contributed by atoms with Crippen LogP contribution in [0.3, 0.4) is 0 Å². The number of hydrogen-bond donors (Lipinski definition) is 2. The van der Waals surface area contributed by atoms with Crippen LogP contribution in [0.1, 0.15) is 70.8 Å². The summed E-state index contributed by atoms with van der Waals surface area (Å²) in [4.78, 5) is 15.4. The summed E-state index contributed by atoms with van der Waals surface area (Å²) in [6.45, 7) is 4.45. The maximum atomic E-state index is 13.0. The number of alkyl halides is 3. The summed E-state index contributed by atoms with van der Waals surface area (Å²) in [5, 5.41) is 8.11. The Morgan fingerprint density at radius 3 is 2.26 bits per heavy atom. The van der Waals surface area contributed by atoms with Crippen LogP contribution in [0.25, 0.3) is 10.9 Å². The van der Waals surface area contributed by atoms with Crippen LogP contribution >= 0.6 is 0 Å². The molecule has 3 fully saturated rings. The van der Waals surface area contributed by atoms with Gasteiger partial charge in [0.05, 0.1) is 17.7 Å². The van der Waals surface area contributed by atoms with E-state index >= 15 is 0 Å². The van der Waals surface area contributed by atoms with Gasteiger partial charge in [0, 0.05) is 48.2 Å². The molecule has 2 aliphatic carbocycles. The molecule has 0 radical (unpaired) electrons. The van der Waals surface area contributed by atoms with Crippen molar-refractivity contribution in [1.29, 1.82) is 0 Å². The minimum Gasteiger partial charge on any atom is -0.382 e. The first-order chi connectivity index (χ1) is 16.6. The number of nitrogens with zero attached hydrogens (tertiary/aromatic N) is 1. The summed E-state index contributed by atoms with van der Waals surface area (Å²) in [5.74, 6) is -0.594. The lowest BCUT2D eigenvalue weighted by Gasteiger charge is -2.45. The Bertz CT molecular complexity index is 1020. The second-order valence-electron chi connectivity index (χ2n) is 10.8. The quantitative estimate of drug-likeness (QED) is 0.513. The fourth-order valence-electron chi connectivity index (χ4n) is 5.40. The van der Waals surface area contributed by atoms with Gasteiger partial charge in [0.1, 0.15) is 5.60 Å². The first kappa shape index (κ1) is 24.7. The van der Waals surface area contributed by atoms with E-state index in [-0.39, 0.29) is 0 Å². The third-order valence-corrected chi connectivity index (χ3v) is 7.48. The van der Waals surface area contributed by atoms with Crippen LogP contribution in [0.5, 0.6) is 0 Å². The van der Waals surface area contributed by atoms with E-state index in [9.17, 15) is 13.2 Å². The van der Waals surface area contributed by atoms with E-state index in [1.807, 2.05) is 19.9 Å². The molecular formula is C26H34F3N3O3. The summed E-state index contributed by atoms with van der Waals surface area (Å²) >= 11 is 0. The van der Waals surface area contributed by atoms with Gasteiger partial charge in [-0.05, 0) is 70.6 Å².